The van der Waals surface area contributed by atoms with Gasteiger partial charge >= 0.3 is 5.97 Å². The van der Waals surface area contributed by atoms with Crippen LogP contribution in [0.15, 0.2) is 47.6 Å². The van der Waals surface area contributed by atoms with Crippen LogP contribution in [0.3, 0.4) is 0 Å². The van der Waals surface area contributed by atoms with E-state index in [0.717, 1.165) is 35.7 Å². The summed E-state index contributed by atoms with van der Waals surface area (Å²) >= 11 is 2.34. The molecule has 0 aromatic carbocycles. The number of Topliss-reactive ketones (excluding diaryl/α,β-unsaturated/α-hetero) is 3. The summed E-state index contributed by atoms with van der Waals surface area (Å²) in [4.78, 5) is 72.3. The summed E-state index contributed by atoms with van der Waals surface area (Å²) in [5.74, 6) is -7.71. The molecule has 390 valence electrons. The Balaban J connectivity index is 1.69. The van der Waals surface area contributed by atoms with E-state index in [1.807, 2.05) is 58.1 Å². The van der Waals surface area contributed by atoms with Gasteiger partial charge in [0.15, 0.2) is 5.78 Å². The molecule has 4 rings (SSSR count). The highest BCUT2D eigenvalue weighted by Crippen LogP contribution is 2.38. The molecule has 15 atom stereocenters. The number of halogens is 1. The fourth-order valence-corrected chi connectivity index (χ4v) is 10.9. The van der Waals surface area contributed by atoms with Crippen LogP contribution >= 0.6 is 22.6 Å². The first-order valence-corrected chi connectivity index (χ1v) is 27.0. The highest BCUT2D eigenvalue weighted by molar-refractivity contribution is 14.1. The van der Waals surface area contributed by atoms with Crippen molar-refractivity contribution in [1.29, 1.82) is 0 Å². The fraction of sp³-hybridized carbons (Fsp3) is 0.759. The molecule has 3 fully saturated rings. The average Bonchev–Trinajstić information content (AvgIpc) is 3.33. The summed E-state index contributed by atoms with van der Waals surface area (Å²) in [6.45, 7) is 13.6. The second-order valence-electron chi connectivity index (χ2n) is 20.5. The predicted octanol–water partition coefficient (Wildman–Crippen LogP) is 8.03. The van der Waals surface area contributed by atoms with Crippen molar-refractivity contribution < 1.29 is 62.6 Å². The molecule has 2 bridgehead atoms. The number of carbonyl (C=O) groups excluding carboxylic acids is 5. The maximum atomic E-state index is 14.5. The number of cyclic esters (lactones) is 1. The third-order valence-corrected chi connectivity index (χ3v) is 15.8. The Morgan fingerprint density at radius 1 is 0.870 bits per heavy atom. The SMILES string of the molecule is CO[C@H]1C[C@@H]2CC[C@@H](C)[C@@](O)(O2)C(=O)C(=O)N2CCCC[C@H]2C(=O)O[C@H]([C@H](C)C[C@@H]2CC[C@@H](OCCCI)[C@H](OC)C2)CC(=O)[C@H](C)/C=C(\C)[C@@H](O)[C@@H](OC)C(=O)[C@H](C)C[C@H](C)/C=C/C=C/C=C/1C. The molecule has 1 aliphatic carbocycles. The molecule has 1 saturated carbocycles. The molecule has 0 radical (unpaired) electrons. The van der Waals surface area contributed by atoms with Gasteiger partial charge in [0.1, 0.15) is 30.1 Å². The number of aliphatic hydroxyl groups is 2. The smallest absolute Gasteiger partial charge is 0.329 e. The number of amides is 1. The molecule has 14 nitrogen and oxygen atoms in total. The monoisotopic (exact) mass is 1080 g/mol. The number of aliphatic hydroxyl groups excluding tert-OH is 1. The standard InChI is InChI=1S/C54H84INO13/c1-33-17-12-11-13-18-34(2)45(64-8)31-41-22-20-39(7)54(63,69-41)51(60)52(61)56-25-15-14-19-42(56)53(62)68-46(36(4)29-40-21-23-44(47(30-40)65-9)67-26-16-24-55)32-43(57)35(3)28-38(6)49(59)50(66-10)48(58)37(5)27-33/h11-13,17-18,28,33,35-37,39-42,44-47,49-50,59,63H,14-16,19-27,29-32H2,1-10H3/b13-11+,17-12+,34-18+,38-28+/t33-,35-,36-,37-,39-,40+,41+,42+,44-,45+,46+,47-,49-,50+,54-/m1/s1. The highest BCUT2D eigenvalue weighted by Gasteiger charge is 2.53. The Bertz CT molecular complexity index is 1830. The van der Waals surface area contributed by atoms with Gasteiger partial charge in [0.05, 0.1) is 24.4 Å². The van der Waals surface area contributed by atoms with Crippen molar-refractivity contribution in [3.05, 3.63) is 47.6 Å². The number of hydrogen-bond acceptors (Lipinski definition) is 13. The third-order valence-electron chi connectivity index (χ3n) is 15.1. The number of allylic oxidation sites excluding steroid dienone is 6. The molecule has 69 heavy (non-hydrogen) atoms. The van der Waals surface area contributed by atoms with E-state index in [2.05, 4.69) is 22.6 Å². The van der Waals surface area contributed by atoms with Crippen molar-refractivity contribution in [1.82, 2.24) is 4.90 Å². The van der Waals surface area contributed by atoms with Crippen LogP contribution < -0.4 is 0 Å². The Morgan fingerprint density at radius 3 is 2.29 bits per heavy atom. The topological polar surface area (TPSA) is 184 Å². The second kappa shape index (κ2) is 28.6. The Labute approximate surface area is 425 Å². The summed E-state index contributed by atoms with van der Waals surface area (Å²) in [6.07, 6.45) is 13.8. The molecule has 3 heterocycles. The van der Waals surface area contributed by atoms with E-state index in [4.69, 9.17) is 28.4 Å². The van der Waals surface area contributed by atoms with Crippen LogP contribution in [0.4, 0.5) is 0 Å². The van der Waals surface area contributed by atoms with Crippen molar-refractivity contribution in [2.75, 3.05) is 38.9 Å². The zero-order valence-corrected chi connectivity index (χ0v) is 45.2. The van der Waals surface area contributed by atoms with E-state index < -0.39 is 77.8 Å². The van der Waals surface area contributed by atoms with Gasteiger partial charge in [-0.3, -0.25) is 19.2 Å². The second-order valence-corrected chi connectivity index (χ2v) is 21.6. The van der Waals surface area contributed by atoms with E-state index in [1.54, 1.807) is 41.1 Å². The number of alkyl halides is 1. The van der Waals surface area contributed by atoms with Crippen molar-refractivity contribution in [2.24, 2.45) is 35.5 Å². The fourth-order valence-electron chi connectivity index (χ4n) is 10.6. The zero-order chi connectivity index (χ0) is 51.0. The van der Waals surface area contributed by atoms with Crippen LogP contribution in [0.5, 0.6) is 0 Å². The number of rotatable bonds is 10. The van der Waals surface area contributed by atoms with Gasteiger partial charge in [0.2, 0.25) is 5.79 Å². The van der Waals surface area contributed by atoms with Crippen LogP contribution in [-0.4, -0.2) is 138 Å². The highest BCUT2D eigenvalue weighted by atomic mass is 127. The van der Waals surface area contributed by atoms with Crippen LogP contribution in [0, 0.1) is 35.5 Å². The molecule has 0 spiro atoms. The summed E-state index contributed by atoms with van der Waals surface area (Å²) in [7, 11) is 4.67. The van der Waals surface area contributed by atoms with Crippen molar-refractivity contribution in [3.63, 3.8) is 0 Å². The maximum Gasteiger partial charge on any atom is 0.329 e. The molecule has 0 unspecified atom stereocenters. The molecular weight excluding hydrogens is 997 g/mol. The maximum absolute atomic E-state index is 14.5. The lowest BCUT2D eigenvalue weighted by Gasteiger charge is -2.42. The van der Waals surface area contributed by atoms with E-state index in [9.17, 15) is 34.2 Å². The van der Waals surface area contributed by atoms with Gasteiger partial charge in [-0.2, -0.15) is 0 Å². The Hall–Kier alpha value is -2.64. The van der Waals surface area contributed by atoms with Crippen molar-refractivity contribution in [3.8, 4) is 0 Å². The number of carbonyl (C=O) groups is 5. The third kappa shape index (κ3) is 16.4. The number of ketones is 3. The molecule has 0 aromatic rings. The average molecular weight is 1080 g/mol. The van der Waals surface area contributed by atoms with Gasteiger partial charge in [0.25, 0.3) is 11.7 Å². The number of ether oxygens (including phenoxy) is 6. The normalized spacial score (nSPS) is 38.8. The predicted molar refractivity (Wildman–Crippen MR) is 272 cm³/mol. The quantitative estimate of drug-likeness (QED) is 0.0536. The molecule has 0 aromatic heterocycles. The number of hydrogen-bond donors (Lipinski definition) is 2. The lowest BCUT2D eigenvalue weighted by atomic mass is 9.78. The number of piperidine rings is 1. The van der Waals surface area contributed by atoms with Crippen molar-refractivity contribution >= 4 is 51.8 Å². The zero-order valence-electron chi connectivity index (χ0n) is 43.1. The van der Waals surface area contributed by atoms with Gasteiger partial charge < -0.3 is 43.5 Å². The number of nitrogens with zero attached hydrogens (tertiary/aromatic N) is 1. The summed E-state index contributed by atoms with van der Waals surface area (Å²) in [6, 6.07) is -1.13. The minimum absolute atomic E-state index is 0.0166. The first kappa shape index (κ1) is 58.9. The van der Waals surface area contributed by atoms with Gasteiger partial charge in [-0.15, -0.1) is 0 Å². The number of fused-ring (bicyclic) bond motifs is 3. The van der Waals surface area contributed by atoms with Crippen LogP contribution in [-0.2, 0) is 52.4 Å². The minimum Gasteiger partial charge on any atom is -0.460 e. The lowest BCUT2D eigenvalue weighted by Crippen LogP contribution is -2.61. The molecule has 4 aliphatic rings. The van der Waals surface area contributed by atoms with Crippen LogP contribution in [0.2, 0.25) is 0 Å². The van der Waals surface area contributed by atoms with Gasteiger partial charge in [-0.1, -0.05) is 93.7 Å². The molecule has 15 heteroatoms. The molecule has 3 aliphatic heterocycles. The molecular formula is C54H84INO13. The lowest BCUT2D eigenvalue weighted by molar-refractivity contribution is -0.265. The number of methoxy groups -OCH3 is 3. The molecule has 2 N–H and O–H groups in total. The van der Waals surface area contributed by atoms with Crippen LogP contribution in [0.25, 0.3) is 0 Å². The first-order chi connectivity index (χ1) is 32.8. The van der Waals surface area contributed by atoms with Crippen LogP contribution in [0.1, 0.15) is 132 Å². The molecule has 1 amide bonds. The summed E-state index contributed by atoms with van der Waals surface area (Å²) in [5, 5.41) is 23.5. The van der Waals surface area contributed by atoms with E-state index in [0.29, 0.717) is 57.1 Å². The van der Waals surface area contributed by atoms with Crippen molar-refractivity contribution in [2.45, 2.75) is 186 Å². The van der Waals surface area contributed by atoms with Gasteiger partial charge in [-0.25, -0.2) is 4.79 Å². The minimum atomic E-state index is -2.42. The Morgan fingerprint density at radius 2 is 1.61 bits per heavy atom. The van der Waals surface area contributed by atoms with E-state index in [1.165, 1.54) is 12.0 Å². The Kier molecular flexibility index (Phi) is 24.4. The first-order valence-electron chi connectivity index (χ1n) is 25.5. The van der Waals surface area contributed by atoms with E-state index >= 15 is 0 Å². The molecule has 2 saturated heterocycles. The largest absolute Gasteiger partial charge is 0.460 e. The van der Waals surface area contributed by atoms with Gasteiger partial charge in [0, 0.05) is 69.5 Å². The van der Waals surface area contributed by atoms with E-state index in [-0.39, 0.29) is 60.9 Å². The van der Waals surface area contributed by atoms with Gasteiger partial charge in [-0.05, 0) is 113 Å². The summed E-state index contributed by atoms with van der Waals surface area (Å²) < 4.78 is 37.1. The number of esters is 1. The summed E-state index contributed by atoms with van der Waals surface area (Å²) in [5.41, 5.74) is 1.29.